The van der Waals surface area contributed by atoms with Gasteiger partial charge in [0.2, 0.25) is 5.75 Å². The molecule has 1 aliphatic rings. The van der Waals surface area contributed by atoms with Gasteiger partial charge < -0.3 is 24.4 Å². The summed E-state index contributed by atoms with van der Waals surface area (Å²) in [6, 6.07) is 13.9. The molecular weight excluding hydrogens is 463 g/mol. The number of ether oxygens (including phenoxy) is 3. The summed E-state index contributed by atoms with van der Waals surface area (Å²) in [4.78, 5) is 21.8. The number of pyridine rings is 1. The molecule has 1 fully saturated rings. The normalized spacial score (nSPS) is 14.7. The molecule has 190 valence electrons. The number of rotatable bonds is 9. The van der Waals surface area contributed by atoms with Crippen molar-refractivity contribution in [2.75, 3.05) is 59.0 Å². The minimum absolute atomic E-state index is 0.0903. The molecule has 0 unspecified atom stereocenters. The van der Waals surface area contributed by atoms with Crippen molar-refractivity contribution in [1.29, 1.82) is 0 Å². The third-order valence-corrected chi connectivity index (χ3v) is 6.40. The summed E-state index contributed by atoms with van der Waals surface area (Å²) in [7, 11) is 4.54. The summed E-state index contributed by atoms with van der Waals surface area (Å²) in [6.45, 7) is 3.17. The van der Waals surface area contributed by atoms with Gasteiger partial charge in [0.05, 0.1) is 33.1 Å². The van der Waals surface area contributed by atoms with E-state index in [-0.39, 0.29) is 17.8 Å². The maximum absolute atomic E-state index is 14.3. The van der Waals surface area contributed by atoms with E-state index in [9.17, 15) is 9.18 Å². The summed E-state index contributed by atoms with van der Waals surface area (Å²) in [5.41, 5.74) is 2.02. The van der Waals surface area contributed by atoms with Crippen LogP contribution in [0.1, 0.15) is 22.0 Å². The van der Waals surface area contributed by atoms with Crippen LogP contribution in [0.25, 0.3) is 0 Å². The molecular formula is C27H31FN4O4. The zero-order valence-electron chi connectivity index (χ0n) is 20.7. The SMILES string of the molecule is COc1cc(C(=O)NC[C@H](c2cccnc2)N2CCN(c3ccccc3F)CC2)cc(OC)c1OC. The van der Waals surface area contributed by atoms with Crippen LogP contribution in [0, 0.1) is 5.82 Å². The van der Waals surface area contributed by atoms with Crippen LogP contribution in [0.4, 0.5) is 10.1 Å². The molecule has 2 aromatic carbocycles. The lowest BCUT2D eigenvalue weighted by Crippen LogP contribution is -2.50. The largest absolute Gasteiger partial charge is 0.493 e. The summed E-state index contributed by atoms with van der Waals surface area (Å²) < 4.78 is 30.4. The average Bonchev–Trinajstić information content (AvgIpc) is 2.93. The molecule has 1 saturated heterocycles. The molecule has 1 N–H and O–H groups in total. The fourth-order valence-corrected chi connectivity index (χ4v) is 4.52. The third-order valence-electron chi connectivity index (χ3n) is 6.40. The molecule has 8 nitrogen and oxygen atoms in total. The van der Waals surface area contributed by atoms with Crippen LogP contribution in [0.3, 0.4) is 0 Å². The van der Waals surface area contributed by atoms with E-state index < -0.39 is 0 Å². The van der Waals surface area contributed by atoms with Crippen LogP contribution in [0.2, 0.25) is 0 Å². The van der Waals surface area contributed by atoms with Gasteiger partial charge in [-0.1, -0.05) is 18.2 Å². The highest BCUT2D eigenvalue weighted by atomic mass is 19.1. The number of amides is 1. The van der Waals surface area contributed by atoms with Crippen molar-refractivity contribution in [3.05, 3.63) is 77.9 Å². The van der Waals surface area contributed by atoms with Crippen molar-refractivity contribution in [2.45, 2.75) is 6.04 Å². The highest BCUT2D eigenvalue weighted by Gasteiger charge is 2.27. The molecule has 1 aliphatic heterocycles. The number of aromatic nitrogens is 1. The van der Waals surface area contributed by atoms with Gasteiger partial charge in [0.15, 0.2) is 11.5 Å². The maximum Gasteiger partial charge on any atom is 0.251 e. The number of nitrogens with one attached hydrogen (secondary N) is 1. The number of halogens is 1. The molecule has 3 aromatic rings. The van der Waals surface area contributed by atoms with Gasteiger partial charge in [-0.05, 0) is 35.9 Å². The Balaban J connectivity index is 1.49. The lowest BCUT2D eigenvalue weighted by Gasteiger charge is -2.40. The third kappa shape index (κ3) is 5.52. The van der Waals surface area contributed by atoms with Crippen LogP contribution in [-0.4, -0.2) is 69.8 Å². The predicted molar refractivity (Wildman–Crippen MR) is 136 cm³/mol. The molecule has 1 atom stereocenters. The monoisotopic (exact) mass is 494 g/mol. The molecule has 2 heterocycles. The van der Waals surface area contributed by atoms with Crippen molar-refractivity contribution >= 4 is 11.6 Å². The van der Waals surface area contributed by atoms with E-state index in [0.717, 1.165) is 5.56 Å². The smallest absolute Gasteiger partial charge is 0.251 e. The Labute approximate surface area is 210 Å². The lowest BCUT2D eigenvalue weighted by molar-refractivity contribution is 0.0929. The second kappa shape index (κ2) is 11.7. The van der Waals surface area contributed by atoms with Gasteiger partial charge in [-0.25, -0.2) is 4.39 Å². The van der Waals surface area contributed by atoms with Gasteiger partial charge in [0, 0.05) is 50.7 Å². The van der Waals surface area contributed by atoms with E-state index in [4.69, 9.17) is 14.2 Å². The number of hydrogen-bond acceptors (Lipinski definition) is 7. The molecule has 0 radical (unpaired) electrons. The Morgan fingerprint density at radius 2 is 1.69 bits per heavy atom. The van der Waals surface area contributed by atoms with E-state index in [1.165, 1.54) is 27.4 Å². The first-order chi connectivity index (χ1) is 17.5. The van der Waals surface area contributed by atoms with E-state index in [1.807, 2.05) is 24.4 Å². The fourth-order valence-electron chi connectivity index (χ4n) is 4.52. The van der Waals surface area contributed by atoms with Crippen LogP contribution >= 0.6 is 0 Å². The summed E-state index contributed by atoms with van der Waals surface area (Å²) in [5, 5.41) is 3.05. The number of para-hydroxylation sites is 1. The molecule has 0 aliphatic carbocycles. The Kier molecular flexibility index (Phi) is 8.22. The number of carbonyl (C=O) groups excluding carboxylic acids is 1. The standard InChI is InChI=1S/C27H31FN4O4/c1-34-24-15-20(16-25(35-2)26(24)36-3)27(33)30-18-23(19-7-6-10-29-17-19)32-13-11-31(12-14-32)22-9-5-4-8-21(22)28/h4-10,15-17,23H,11-14,18H2,1-3H3,(H,30,33)/t23-/m1/s1. The van der Waals surface area contributed by atoms with Crippen molar-refractivity contribution in [3.63, 3.8) is 0 Å². The number of piperazine rings is 1. The topological polar surface area (TPSA) is 76.2 Å². The molecule has 4 rings (SSSR count). The van der Waals surface area contributed by atoms with E-state index >= 15 is 0 Å². The molecule has 1 aromatic heterocycles. The zero-order chi connectivity index (χ0) is 25.5. The number of methoxy groups -OCH3 is 3. The molecule has 36 heavy (non-hydrogen) atoms. The molecule has 0 saturated carbocycles. The first-order valence-electron chi connectivity index (χ1n) is 11.8. The van der Waals surface area contributed by atoms with Gasteiger partial charge in [0.1, 0.15) is 5.82 Å². The molecule has 0 spiro atoms. The highest BCUT2D eigenvalue weighted by molar-refractivity contribution is 5.95. The Hall–Kier alpha value is -3.85. The number of benzene rings is 2. The fraction of sp³-hybridized carbons (Fsp3) is 0.333. The quantitative estimate of drug-likeness (QED) is 0.488. The zero-order valence-corrected chi connectivity index (χ0v) is 20.7. The first kappa shape index (κ1) is 25.2. The Bertz CT molecular complexity index is 1140. The number of hydrogen-bond donors (Lipinski definition) is 1. The summed E-state index contributed by atoms with van der Waals surface area (Å²) in [6.07, 6.45) is 3.55. The van der Waals surface area contributed by atoms with Crippen LogP contribution in [0.5, 0.6) is 17.2 Å². The molecule has 1 amide bonds. The summed E-state index contributed by atoms with van der Waals surface area (Å²) in [5.74, 6) is 0.781. The van der Waals surface area contributed by atoms with Gasteiger partial charge in [-0.2, -0.15) is 0 Å². The van der Waals surface area contributed by atoms with Gasteiger partial charge in [-0.15, -0.1) is 0 Å². The minimum atomic E-state index is -0.256. The highest BCUT2D eigenvalue weighted by Crippen LogP contribution is 2.38. The number of carbonyl (C=O) groups is 1. The van der Waals surface area contributed by atoms with E-state index in [2.05, 4.69) is 20.1 Å². The molecule has 9 heteroatoms. The second-order valence-electron chi connectivity index (χ2n) is 8.40. The van der Waals surface area contributed by atoms with Crippen LogP contribution in [0.15, 0.2) is 60.9 Å². The Morgan fingerprint density at radius 3 is 2.28 bits per heavy atom. The van der Waals surface area contributed by atoms with Crippen molar-refractivity contribution < 1.29 is 23.4 Å². The van der Waals surface area contributed by atoms with E-state index in [1.54, 1.807) is 30.5 Å². The predicted octanol–water partition coefficient (Wildman–Crippen LogP) is 3.54. The van der Waals surface area contributed by atoms with Crippen molar-refractivity contribution in [3.8, 4) is 17.2 Å². The van der Waals surface area contributed by atoms with Gasteiger partial charge in [-0.3, -0.25) is 14.7 Å². The maximum atomic E-state index is 14.3. The van der Waals surface area contributed by atoms with Crippen molar-refractivity contribution in [1.82, 2.24) is 15.2 Å². The van der Waals surface area contributed by atoms with Gasteiger partial charge >= 0.3 is 0 Å². The Morgan fingerprint density at radius 1 is 1.00 bits per heavy atom. The van der Waals surface area contributed by atoms with Crippen LogP contribution < -0.4 is 24.4 Å². The van der Waals surface area contributed by atoms with E-state index in [0.29, 0.717) is 61.2 Å². The lowest BCUT2D eigenvalue weighted by atomic mass is 10.1. The molecule has 0 bridgehead atoms. The summed E-state index contributed by atoms with van der Waals surface area (Å²) >= 11 is 0. The van der Waals surface area contributed by atoms with Crippen molar-refractivity contribution in [2.24, 2.45) is 0 Å². The van der Waals surface area contributed by atoms with Crippen LogP contribution in [-0.2, 0) is 0 Å². The number of anilines is 1. The average molecular weight is 495 g/mol. The first-order valence-corrected chi connectivity index (χ1v) is 11.8. The second-order valence-corrected chi connectivity index (χ2v) is 8.40. The number of nitrogens with zero attached hydrogens (tertiary/aromatic N) is 3. The minimum Gasteiger partial charge on any atom is -0.493 e. The van der Waals surface area contributed by atoms with Gasteiger partial charge in [0.25, 0.3) is 5.91 Å².